The van der Waals surface area contributed by atoms with Gasteiger partial charge in [-0.05, 0) is 0 Å². The highest BCUT2D eigenvalue weighted by Gasteiger charge is 2.29. The van der Waals surface area contributed by atoms with Crippen molar-refractivity contribution in [2.45, 2.75) is 14.5 Å². The minimum atomic E-state index is -1.01. The molecule has 0 unspecified atom stereocenters. The van der Waals surface area contributed by atoms with Gasteiger partial charge in [0.2, 0.25) is 0 Å². The summed E-state index contributed by atoms with van der Waals surface area (Å²) in [6.07, 6.45) is 0. The van der Waals surface area contributed by atoms with Crippen LogP contribution < -0.4 is 0 Å². The topological polar surface area (TPSA) is 0 Å². The van der Waals surface area contributed by atoms with E-state index in [2.05, 4.69) is 0 Å². The minimum Gasteiger partial charge on any atom is -0.1000 e. The second-order valence-corrected chi connectivity index (χ2v) is 7.51. The van der Waals surface area contributed by atoms with Crippen molar-refractivity contribution in [3.63, 3.8) is 0 Å². The molecule has 0 nitrogen and oxygen atoms in total. The maximum absolute atomic E-state index is 6.13. The van der Waals surface area contributed by atoms with Gasteiger partial charge < -0.3 is 0 Å². The molecule has 0 aliphatic rings. The van der Waals surface area contributed by atoms with Crippen molar-refractivity contribution in [2.24, 2.45) is 0 Å². The summed E-state index contributed by atoms with van der Waals surface area (Å²) in [7, 11) is 0. The Morgan fingerprint density at radius 3 is 1.06 bits per heavy atom. The van der Waals surface area contributed by atoms with Gasteiger partial charge in [-0.25, -0.2) is 0 Å². The van der Waals surface area contributed by atoms with E-state index in [1.54, 1.807) is 0 Å². The van der Waals surface area contributed by atoms with Crippen LogP contribution in [-0.2, 0) is 0 Å². The van der Waals surface area contributed by atoms with Gasteiger partial charge in [-0.3, -0.25) is 0 Å². The third-order valence-corrected chi connectivity index (χ3v) is 4.68. The van der Waals surface area contributed by atoms with Gasteiger partial charge in [-0.2, -0.15) is 0 Å². The molecule has 0 aromatic heterocycles. The molecule has 0 saturated heterocycles. The zero-order chi connectivity index (χ0) is 14.2. The van der Waals surface area contributed by atoms with Crippen LogP contribution >= 0.6 is 104 Å². The van der Waals surface area contributed by atoms with E-state index in [1.807, 2.05) is 0 Å². The second-order valence-electron chi connectivity index (χ2n) is 3.09. The first-order chi connectivity index (χ1) is 8.20. The molecule has 1 aromatic rings. The number of halogens is 9. The first-order valence-corrected chi connectivity index (χ1v) is 7.99. The van der Waals surface area contributed by atoms with E-state index in [1.165, 1.54) is 0 Å². The van der Waals surface area contributed by atoms with Crippen molar-refractivity contribution < 1.29 is 0 Å². The van der Waals surface area contributed by atoms with Gasteiger partial charge in [0.25, 0.3) is 0 Å². The lowest BCUT2D eigenvalue weighted by Crippen LogP contribution is -2.01. The Hall–Kier alpha value is 1.83. The molecular weight excluding hydrogens is 427 g/mol. The van der Waals surface area contributed by atoms with E-state index < -0.39 is 14.5 Å². The molecule has 0 N–H and O–H groups in total. The molecule has 0 spiro atoms. The first kappa shape index (κ1) is 17.9. The Morgan fingerprint density at radius 2 is 0.722 bits per heavy atom. The number of hydrogen-bond acceptors (Lipinski definition) is 0. The molecule has 0 fully saturated rings. The average Bonchev–Trinajstić information content (AvgIpc) is 2.21. The standard InChI is InChI=1S/C9H3Cl9/c10-4-1(7(13)14)2(8(15)16)5(11)6(12)3(4)9(17)18/h7-9H. The summed E-state index contributed by atoms with van der Waals surface area (Å²) in [5.41, 5.74) is 0.694. The zero-order valence-corrected chi connectivity index (χ0v) is 14.9. The van der Waals surface area contributed by atoms with Gasteiger partial charge in [0.1, 0.15) is 14.5 Å². The molecule has 102 valence electrons. The lowest BCUT2D eigenvalue weighted by molar-refractivity contribution is 1.18. The fourth-order valence-corrected chi connectivity index (χ4v) is 4.20. The van der Waals surface area contributed by atoms with Crippen molar-refractivity contribution in [2.75, 3.05) is 0 Å². The van der Waals surface area contributed by atoms with Crippen LogP contribution in [0.15, 0.2) is 0 Å². The van der Waals surface area contributed by atoms with Gasteiger partial charge in [0.05, 0.1) is 15.1 Å². The van der Waals surface area contributed by atoms with E-state index >= 15 is 0 Å². The lowest BCUT2D eigenvalue weighted by Gasteiger charge is -2.20. The van der Waals surface area contributed by atoms with E-state index in [0.29, 0.717) is 0 Å². The van der Waals surface area contributed by atoms with Gasteiger partial charge in [0.15, 0.2) is 0 Å². The highest BCUT2D eigenvalue weighted by atomic mass is 35.5. The predicted octanol–water partition coefficient (Wildman–Crippen LogP) is 8.08. The van der Waals surface area contributed by atoms with Crippen molar-refractivity contribution >= 4 is 104 Å². The van der Waals surface area contributed by atoms with Crippen LogP contribution in [0.5, 0.6) is 0 Å². The highest BCUT2D eigenvalue weighted by Crippen LogP contribution is 2.51. The number of benzene rings is 1. The Balaban J connectivity index is 3.76. The molecule has 0 aliphatic carbocycles. The quantitative estimate of drug-likeness (QED) is 0.336. The number of rotatable bonds is 3. The van der Waals surface area contributed by atoms with Crippen LogP contribution in [0.4, 0.5) is 0 Å². The largest absolute Gasteiger partial charge is 0.135 e. The fourth-order valence-electron chi connectivity index (χ4n) is 1.33. The lowest BCUT2D eigenvalue weighted by atomic mass is 10.1. The molecule has 1 aromatic carbocycles. The van der Waals surface area contributed by atoms with Gasteiger partial charge >= 0.3 is 0 Å². The van der Waals surface area contributed by atoms with Crippen LogP contribution in [0.2, 0.25) is 15.1 Å². The third-order valence-electron chi connectivity index (χ3n) is 2.08. The maximum Gasteiger partial charge on any atom is 0.135 e. The molecule has 0 bridgehead atoms. The summed E-state index contributed by atoms with van der Waals surface area (Å²) in [5.74, 6) is 0. The summed E-state index contributed by atoms with van der Waals surface area (Å²) in [6, 6.07) is 0. The van der Waals surface area contributed by atoms with Crippen molar-refractivity contribution in [1.29, 1.82) is 0 Å². The Bertz CT molecular complexity index is 452. The molecule has 0 heterocycles. The zero-order valence-electron chi connectivity index (χ0n) is 8.13. The first-order valence-electron chi connectivity index (χ1n) is 4.24. The van der Waals surface area contributed by atoms with E-state index in [9.17, 15) is 0 Å². The van der Waals surface area contributed by atoms with Crippen LogP contribution in [0, 0.1) is 0 Å². The molecule has 1 rings (SSSR count). The number of hydrogen-bond donors (Lipinski definition) is 0. The molecule has 0 saturated carbocycles. The minimum absolute atomic E-state index is 0.0655. The summed E-state index contributed by atoms with van der Waals surface area (Å²) < 4.78 is 0. The maximum atomic E-state index is 6.13. The summed E-state index contributed by atoms with van der Waals surface area (Å²) in [5, 5.41) is 0.227. The van der Waals surface area contributed by atoms with Crippen LogP contribution in [-0.4, -0.2) is 0 Å². The van der Waals surface area contributed by atoms with E-state index in [-0.39, 0.29) is 31.8 Å². The molecule has 9 heteroatoms. The second kappa shape index (κ2) is 7.20. The molecule has 0 atom stereocenters. The summed E-state index contributed by atoms with van der Waals surface area (Å²) in [6.45, 7) is 0. The van der Waals surface area contributed by atoms with Crippen LogP contribution in [0.3, 0.4) is 0 Å². The van der Waals surface area contributed by atoms with Crippen molar-refractivity contribution in [1.82, 2.24) is 0 Å². The van der Waals surface area contributed by atoms with E-state index in [0.717, 1.165) is 0 Å². The Morgan fingerprint density at radius 1 is 0.444 bits per heavy atom. The number of alkyl halides is 6. The molecule has 0 amide bonds. The van der Waals surface area contributed by atoms with Crippen LogP contribution in [0.25, 0.3) is 0 Å². The Labute approximate surface area is 149 Å². The monoisotopic (exact) mass is 426 g/mol. The van der Waals surface area contributed by atoms with E-state index in [4.69, 9.17) is 104 Å². The normalized spacial score (nSPS) is 12.0. The molecular formula is C9H3Cl9. The van der Waals surface area contributed by atoms with Gasteiger partial charge in [0, 0.05) is 16.7 Å². The predicted molar refractivity (Wildman–Crippen MR) is 84.8 cm³/mol. The molecule has 0 aliphatic heterocycles. The SMILES string of the molecule is Clc1c(Cl)c(C(Cl)Cl)c(C(Cl)Cl)c(Cl)c1C(Cl)Cl. The van der Waals surface area contributed by atoms with Gasteiger partial charge in [-0.15, -0.1) is 0 Å². The van der Waals surface area contributed by atoms with Crippen molar-refractivity contribution in [3.05, 3.63) is 31.8 Å². The summed E-state index contributed by atoms with van der Waals surface area (Å²) >= 11 is 53.1. The van der Waals surface area contributed by atoms with Crippen LogP contribution in [0.1, 0.15) is 31.2 Å². The molecule has 18 heavy (non-hydrogen) atoms. The third kappa shape index (κ3) is 3.53. The van der Waals surface area contributed by atoms with Gasteiger partial charge in [-0.1, -0.05) is 104 Å². The Kier molecular flexibility index (Phi) is 7.15. The fraction of sp³-hybridized carbons (Fsp3) is 0.333. The average molecular weight is 430 g/mol. The summed E-state index contributed by atoms with van der Waals surface area (Å²) in [4.78, 5) is -3.00. The van der Waals surface area contributed by atoms with Crippen molar-refractivity contribution in [3.8, 4) is 0 Å². The molecule has 0 radical (unpaired) electrons. The highest BCUT2D eigenvalue weighted by molar-refractivity contribution is 6.53. The smallest absolute Gasteiger partial charge is 0.1000 e.